The fourth-order valence-electron chi connectivity index (χ4n) is 2.14. The van der Waals surface area contributed by atoms with Crippen LogP contribution in [-0.2, 0) is 4.74 Å². The van der Waals surface area contributed by atoms with E-state index in [1.54, 1.807) is 6.20 Å². The van der Waals surface area contributed by atoms with Crippen LogP contribution in [-0.4, -0.2) is 60.1 Å². The molecule has 22 heavy (non-hydrogen) atoms. The van der Waals surface area contributed by atoms with Gasteiger partial charge in [-0.3, -0.25) is 15.3 Å². The summed E-state index contributed by atoms with van der Waals surface area (Å²) in [5, 5.41) is 7.94. The first-order valence-corrected chi connectivity index (χ1v) is 7.96. The van der Waals surface area contributed by atoms with Crippen LogP contribution >= 0.6 is 12.2 Å². The standard InChI is InChI=1S/C15H23N5OS/c1-13(14-5-2-3-6-16-14)18-19-15(22)17-7-4-8-20-9-11-21-12-10-20/h2-3,5-6H,4,7-12H2,1H3,(H2,17,19,22)/b18-13+. The van der Waals surface area contributed by atoms with Crippen molar-refractivity contribution in [3.8, 4) is 0 Å². The van der Waals surface area contributed by atoms with Crippen molar-refractivity contribution in [2.75, 3.05) is 39.4 Å². The van der Waals surface area contributed by atoms with Crippen molar-refractivity contribution >= 4 is 23.0 Å². The van der Waals surface area contributed by atoms with Crippen molar-refractivity contribution in [2.24, 2.45) is 5.10 Å². The number of rotatable bonds is 6. The molecule has 0 aromatic carbocycles. The van der Waals surface area contributed by atoms with Gasteiger partial charge in [0.15, 0.2) is 5.11 Å². The first-order valence-electron chi connectivity index (χ1n) is 7.55. The number of ether oxygens (including phenoxy) is 1. The Morgan fingerprint density at radius 2 is 2.23 bits per heavy atom. The zero-order valence-corrected chi connectivity index (χ0v) is 13.7. The van der Waals surface area contributed by atoms with Gasteiger partial charge in [0.05, 0.1) is 24.6 Å². The summed E-state index contributed by atoms with van der Waals surface area (Å²) in [6.07, 6.45) is 2.79. The predicted octanol–water partition coefficient (Wildman–Crippen LogP) is 0.992. The molecular weight excluding hydrogens is 298 g/mol. The lowest BCUT2D eigenvalue weighted by atomic mass is 10.3. The Balaban J connectivity index is 1.61. The van der Waals surface area contributed by atoms with Crippen LogP contribution < -0.4 is 10.7 Å². The highest BCUT2D eigenvalue weighted by molar-refractivity contribution is 7.80. The van der Waals surface area contributed by atoms with Gasteiger partial charge >= 0.3 is 0 Å². The maximum absolute atomic E-state index is 5.33. The lowest BCUT2D eigenvalue weighted by Crippen LogP contribution is -2.39. The van der Waals surface area contributed by atoms with Crippen LogP contribution in [0.15, 0.2) is 29.5 Å². The molecule has 1 aromatic heterocycles. The van der Waals surface area contributed by atoms with E-state index in [2.05, 4.69) is 25.7 Å². The minimum absolute atomic E-state index is 0.539. The third kappa shape index (κ3) is 6.05. The van der Waals surface area contributed by atoms with Gasteiger partial charge in [0, 0.05) is 25.8 Å². The third-order valence-corrected chi connectivity index (χ3v) is 3.64. The SMILES string of the molecule is C/C(=N\NC(=S)NCCCN1CCOCC1)c1ccccn1. The van der Waals surface area contributed by atoms with Gasteiger partial charge in [0.2, 0.25) is 0 Å². The molecule has 1 aromatic rings. The van der Waals surface area contributed by atoms with Gasteiger partial charge in [-0.1, -0.05) is 6.07 Å². The molecule has 1 saturated heterocycles. The summed E-state index contributed by atoms with van der Waals surface area (Å²) >= 11 is 5.21. The average Bonchev–Trinajstić information content (AvgIpc) is 2.58. The molecule has 0 spiro atoms. The fourth-order valence-corrected chi connectivity index (χ4v) is 2.29. The van der Waals surface area contributed by atoms with E-state index >= 15 is 0 Å². The van der Waals surface area contributed by atoms with Gasteiger partial charge in [0.25, 0.3) is 0 Å². The number of aromatic nitrogens is 1. The fraction of sp³-hybridized carbons (Fsp3) is 0.533. The molecule has 0 amide bonds. The molecule has 0 saturated carbocycles. The van der Waals surface area contributed by atoms with Gasteiger partial charge in [-0.15, -0.1) is 0 Å². The number of hydrazone groups is 1. The second kappa shape index (κ2) is 9.45. The molecule has 2 heterocycles. The molecule has 6 nitrogen and oxygen atoms in total. The number of morpholine rings is 1. The Bertz CT molecular complexity index is 488. The van der Waals surface area contributed by atoms with E-state index in [0.29, 0.717) is 5.11 Å². The number of hydrogen-bond donors (Lipinski definition) is 2. The number of thiocarbonyl (C=S) groups is 1. The van der Waals surface area contributed by atoms with Crippen LogP contribution in [0.1, 0.15) is 19.0 Å². The Kier molecular flexibility index (Phi) is 7.21. The smallest absolute Gasteiger partial charge is 0.186 e. The van der Waals surface area contributed by atoms with E-state index in [1.165, 1.54) is 0 Å². The normalized spacial score (nSPS) is 16.3. The van der Waals surface area contributed by atoms with E-state index in [1.807, 2.05) is 25.1 Å². The minimum Gasteiger partial charge on any atom is -0.379 e. The van der Waals surface area contributed by atoms with Crippen LogP contribution in [0.2, 0.25) is 0 Å². The lowest BCUT2D eigenvalue weighted by Gasteiger charge is -2.26. The van der Waals surface area contributed by atoms with E-state index in [4.69, 9.17) is 17.0 Å². The summed E-state index contributed by atoms with van der Waals surface area (Å²) in [5.41, 5.74) is 4.50. The second-order valence-corrected chi connectivity index (χ2v) is 5.50. The molecule has 0 aliphatic carbocycles. The minimum atomic E-state index is 0.539. The summed E-state index contributed by atoms with van der Waals surface area (Å²) < 4.78 is 5.33. The number of pyridine rings is 1. The molecule has 2 rings (SSSR count). The first-order chi connectivity index (χ1) is 10.8. The molecule has 0 unspecified atom stereocenters. The van der Waals surface area contributed by atoms with E-state index in [0.717, 1.165) is 57.2 Å². The molecule has 1 aliphatic rings. The van der Waals surface area contributed by atoms with Gasteiger partial charge in [-0.2, -0.15) is 5.10 Å². The zero-order chi connectivity index (χ0) is 15.6. The summed E-state index contributed by atoms with van der Waals surface area (Å²) in [7, 11) is 0. The van der Waals surface area contributed by atoms with Crippen molar-refractivity contribution in [2.45, 2.75) is 13.3 Å². The Morgan fingerprint density at radius 3 is 2.95 bits per heavy atom. The monoisotopic (exact) mass is 321 g/mol. The number of nitrogens with one attached hydrogen (secondary N) is 2. The molecule has 0 radical (unpaired) electrons. The van der Waals surface area contributed by atoms with E-state index in [9.17, 15) is 0 Å². The molecule has 1 aliphatic heterocycles. The summed E-state index contributed by atoms with van der Waals surface area (Å²) in [5.74, 6) is 0. The molecule has 2 N–H and O–H groups in total. The second-order valence-electron chi connectivity index (χ2n) is 5.09. The van der Waals surface area contributed by atoms with Gasteiger partial charge in [0.1, 0.15) is 0 Å². The highest BCUT2D eigenvalue weighted by atomic mass is 32.1. The van der Waals surface area contributed by atoms with E-state index in [-0.39, 0.29) is 0 Å². The topological polar surface area (TPSA) is 61.8 Å². The van der Waals surface area contributed by atoms with Crippen molar-refractivity contribution < 1.29 is 4.74 Å². The molecule has 7 heteroatoms. The Hall–Kier alpha value is -1.57. The molecule has 120 valence electrons. The summed E-state index contributed by atoms with van der Waals surface area (Å²) in [4.78, 5) is 6.64. The average molecular weight is 321 g/mol. The quantitative estimate of drug-likeness (QED) is 0.353. The van der Waals surface area contributed by atoms with Gasteiger partial charge in [-0.05, 0) is 44.2 Å². The van der Waals surface area contributed by atoms with Crippen molar-refractivity contribution in [1.82, 2.24) is 20.6 Å². The predicted molar refractivity (Wildman–Crippen MR) is 92.1 cm³/mol. The first kappa shape index (κ1) is 16.8. The maximum Gasteiger partial charge on any atom is 0.186 e. The molecule has 1 fully saturated rings. The zero-order valence-electron chi connectivity index (χ0n) is 12.9. The number of hydrogen-bond acceptors (Lipinski definition) is 5. The highest BCUT2D eigenvalue weighted by Crippen LogP contribution is 1.97. The maximum atomic E-state index is 5.33. The van der Waals surface area contributed by atoms with Crippen molar-refractivity contribution in [3.05, 3.63) is 30.1 Å². The van der Waals surface area contributed by atoms with Crippen LogP contribution in [0.4, 0.5) is 0 Å². The summed E-state index contributed by atoms with van der Waals surface area (Å²) in [6, 6.07) is 5.73. The summed E-state index contributed by atoms with van der Waals surface area (Å²) in [6.45, 7) is 7.53. The Labute approximate surface area is 136 Å². The van der Waals surface area contributed by atoms with Crippen LogP contribution in [0.5, 0.6) is 0 Å². The van der Waals surface area contributed by atoms with Crippen LogP contribution in [0.3, 0.4) is 0 Å². The van der Waals surface area contributed by atoms with Crippen molar-refractivity contribution in [1.29, 1.82) is 0 Å². The third-order valence-electron chi connectivity index (χ3n) is 3.40. The van der Waals surface area contributed by atoms with Crippen molar-refractivity contribution in [3.63, 3.8) is 0 Å². The van der Waals surface area contributed by atoms with Crippen LogP contribution in [0.25, 0.3) is 0 Å². The lowest BCUT2D eigenvalue weighted by molar-refractivity contribution is 0.0376. The Morgan fingerprint density at radius 1 is 1.41 bits per heavy atom. The highest BCUT2D eigenvalue weighted by Gasteiger charge is 2.09. The van der Waals surface area contributed by atoms with Crippen LogP contribution in [0, 0.1) is 0 Å². The molecule has 0 bridgehead atoms. The van der Waals surface area contributed by atoms with Gasteiger partial charge in [-0.25, -0.2) is 0 Å². The van der Waals surface area contributed by atoms with E-state index < -0.39 is 0 Å². The molecular formula is C15H23N5OS. The van der Waals surface area contributed by atoms with Gasteiger partial charge < -0.3 is 10.1 Å². The molecule has 0 atom stereocenters. The largest absolute Gasteiger partial charge is 0.379 e. The number of nitrogens with zero attached hydrogens (tertiary/aromatic N) is 3.